The SMILES string of the molecule is C[C@H]1CC(CC/C(=C\C(N)c2ccc(Nc3ccccc3-c3cc4ccccc4c4ccc5ccccc5c34)cc2)c2ccc3ccccc3c2)C=C2C=CC=CC21. The van der Waals surface area contributed by atoms with Crippen LogP contribution in [-0.4, -0.2) is 0 Å². The van der Waals surface area contributed by atoms with Gasteiger partial charge >= 0.3 is 0 Å². The van der Waals surface area contributed by atoms with Crippen molar-refractivity contribution in [2.24, 2.45) is 23.5 Å². The molecule has 0 saturated heterocycles. The van der Waals surface area contributed by atoms with E-state index in [0.29, 0.717) is 17.8 Å². The number of hydrogen-bond donors (Lipinski definition) is 2. The summed E-state index contributed by atoms with van der Waals surface area (Å²) in [7, 11) is 0. The highest BCUT2D eigenvalue weighted by Crippen LogP contribution is 2.43. The minimum Gasteiger partial charge on any atom is -0.355 e. The summed E-state index contributed by atoms with van der Waals surface area (Å²) in [6.45, 7) is 2.41. The van der Waals surface area contributed by atoms with E-state index in [1.807, 2.05) is 0 Å². The molecule has 0 amide bonds. The molecule has 10 rings (SSSR count). The Morgan fingerprint density at radius 3 is 2.26 bits per heavy atom. The van der Waals surface area contributed by atoms with Crippen LogP contribution in [0.3, 0.4) is 0 Å². The van der Waals surface area contributed by atoms with E-state index in [4.69, 9.17) is 5.73 Å². The van der Waals surface area contributed by atoms with Crippen molar-refractivity contribution in [3.05, 3.63) is 211 Å². The molecule has 2 heteroatoms. The topological polar surface area (TPSA) is 38.0 Å². The van der Waals surface area contributed by atoms with Crippen molar-refractivity contribution in [2.75, 3.05) is 5.32 Å². The lowest BCUT2D eigenvalue weighted by Crippen LogP contribution is -2.21. The summed E-state index contributed by atoms with van der Waals surface area (Å²) in [6, 6.07) is 57.0. The minimum absolute atomic E-state index is 0.237. The molecule has 282 valence electrons. The van der Waals surface area contributed by atoms with E-state index in [2.05, 4.69) is 206 Å². The highest BCUT2D eigenvalue weighted by Gasteiger charge is 2.27. The average molecular weight is 749 g/mol. The largest absolute Gasteiger partial charge is 0.355 e. The van der Waals surface area contributed by atoms with Crippen LogP contribution < -0.4 is 11.1 Å². The van der Waals surface area contributed by atoms with Crippen LogP contribution >= 0.6 is 0 Å². The van der Waals surface area contributed by atoms with Gasteiger partial charge in [0.05, 0.1) is 0 Å². The molecule has 2 nitrogen and oxygen atoms in total. The van der Waals surface area contributed by atoms with Gasteiger partial charge in [-0.15, -0.1) is 0 Å². The maximum absolute atomic E-state index is 7.09. The summed E-state index contributed by atoms with van der Waals surface area (Å²) < 4.78 is 0. The molecule has 0 heterocycles. The van der Waals surface area contributed by atoms with Crippen molar-refractivity contribution < 1.29 is 0 Å². The maximum Gasteiger partial charge on any atom is 0.0487 e. The van der Waals surface area contributed by atoms with E-state index in [1.54, 1.807) is 0 Å². The zero-order valence-corrected chi connectivity index (χ0v) is 33.0. The Morgan fingerprint density at radius 1 is 0.672 bits per heavy atom. The van der Waals surface area contributed by atoms with Crippen molar-refractivity contribution >= 4 is 60.0 Å². The minimum atomic E-state index is -0.237. The van der Waals surface area contributed by atoms with Crippen LogP contribution in [0.5, 0.6) is 0 Å². The van der Waals surface area contributed by atoms with E-state index in [-0.39, 0.29) is 6.04 Å². The first-order valence-electron chi connectivity index (χ1n) is 20.9. The van der Waals surface area contributed by atoms with E-state index >= 15 is 0 Å². The second-order valence-corrected chi connectivity index (χ2v) is 16.4. The molecule has 0 spiro atoms. The van der Waals surface area contributed by atoms with Gasteiger partial charge in [-0.1, -0.05) is 171 Å². The standard InChI is InChI=1S/C56H48N2/c1-37-32-38(33-45-15-5-7-17-48(37)45)22-23-44(43-25-24-39-12-2-3-14-42(39)34-43)36-54(57)41-26-29-47(30-27-41)58-55-21-11-10-20-51(55)53-35-46-16-6-8-18-49(46)52-31-28-40-13-4-9-19-50(40)56(52)53/h2-21,24-31,33-38,48,54,58H,22-23,32,57H2,1H3/b44-36+/t37-,38?,48?,54?/m0/s1. The first-order chi connectivity index (χ1) is 28.6. The van der Waals surface area contributed by atoms with E-state index in [1.165, 1.54) is 77.3 Å². The van der Waals surface area contributed by atoms with Crippen molar-refractivity contribution in [1.82, 2.24) is 0 Å². The second-order valence-electron chi connectivity index (χ2n) is 16.4. The van der Waals surface area contributed by atoms with Crippen LogP contribution in [0, 0.1) is 17.8 Å². The quantitative estimate of drug-likeness (QED) is 0.144. The fourth-order valence-corrected chi connectivity index (χ4v) is 9.66. The van der Waals surface area contributed by atoms with Gasteiger partial charge in [0.2, 0.25) is 0 Å². The fraction of sp³-hybridized carbons (Fsp3) is 0.143. The number of nitrogens with two attached hydrogens (primary N) is 1. The van der Waals surface area contributed by atoms with Gasteiger partial charge in [0, 0.05) is 28.9 Å². The third-order valence-corrected chi connectivity index (χ3v) is 12.6. The molecule has 2 aliphatic rings. The van der Waals surface area contributed by atoms with Gasteiger partial charge in [0.15, 0.2) is 0 Å². The Labute approximate surface area is 341 Å². The van der Waals surface area contributed by atoms with Gasteiger partial charge in [-0.2, -0.15) is 0 Å². The van der Waals surface area contributed by atoms with Gasteiger partial charge in [0.25, 0.3) is 0 Å². The number of rotatable bonds is 9. The van der Waals surface area contributed by atoms with E-state index in [0.717, 1.165) is 29.8 Å². The highest BCUT2D eigenvalue weighted by atomic mass is 14.9. The zero-order valence-electron chi connectivity index (χ0n) is 33.0. The Bertz CT molecular complexity index is 2940. The van der Waals surface area contributed by atoms with Gasteiger partial charge < -0.3 is 11.1 Å². The number of hydrogen-bond acceptors (Lipinski definition) is 2. The molecule has 58 heavy (non-hydrogen) atoms. The van der Waals surface area contributed by atoms with Gasteiger partial charge in [-0.05, 0) is 132 Å². The van der Waals surface area contributed by atoms with E-state index < -0.39 is 0 Å². The second kappa shape index (κ2) is 15.5. The molecule has 8 aromatic rings. The third kappa shape index (κ3) is 6.95. The van der Waals surface area contributed by atoms with Crippen molar-refractivity contribution in [2.45, 2.75) is 32.2 Å². The molecule has 0 aliphatic heterocycles. The van der Waals surface area contributed by atoms with Crippen LogP contribution in [0.4, 0.5) is 11.4 Å². The third-order valence-electron chi connectivity index (χ3n) is 12.6. The molecule has 0 radical (unpaired) electrons. The molecular weight excluding hydrogens is 701 g/mol. The van der Waals surface area contributed by atoms with Crippen LogP contribution in [0.25, 0.3) is 59.8 Å². The Hall–Kier alpha value is -6.48. The first-order valence-corrected chi connectivity index (χ1v) is 20.9. The number of para-hydroxylation sites is 1. The van der Waals surface area contributed by atoms with E-state index in [9.17, 15) is 0 Å². The Kier molecular flexibility index (Phi) is 9.57. The Balaban J connectivity index is 0.953. The summed E-state index contributed by atoms with van der Waals surface area (Å²) >= 11 is 0. The molecule has 0 fully saturated rings. The van der Waals surface area contributed by atoms with Crippen molar-refractivity contribution in [1.29, 1.82) is 0 Å². The molecule has 2 aliphatic carbocycles. The zero-order chi connectivity index (χ0) is 39.0. The number of allylic oxidation sites excluding steroid dienone is 7. The fourth-order valence-electron chi connectivity index (χ4n) is 9.66. The molecule has 3 N–H and O–H groups in total. The summed E-state index contributed by atoms with van der Waals surface area (Å²) in [5, 5.41) is 13.9. The van der Waals surface area contributed by atoms with Crippen molar-refractivity contribution in [3.8, 4) is 11.1 Å². The average Bonchev–Trinajstić information content (AvgIpc) is 3.27. The first kappa shape index (κ1) is 35.9. The number of nitrogens with one attached hydrogen (secondary N) is 1. The highest BCUT2D eigenvalue weighted by molar-refractivity contribution is 6.23. The molecule has 3 unspecified atom stereocenters. The van der Waals surface area contributed by atoms with Gasteiger partial charge in [-0.3, -0.25) is 0 Å². The van der Waals surface area contributed by atoms with Crippen LogP contribution in [0.1, 0.15) is 43.4 Å². The molecular formula is C56H48N2. The van der Waals surface area contributed by atoms with Gasteiger partial charge in [-0.25, -0.2) is 0 Å². The smallest absolute Gasteiger partial charge is 0.0487 e. The molecule has 0 saturated carbocycles. The normalized spacial score (nSPS) is 18.4. The predicted octanol–water partition coefficient (Wildman–Crippen LogP) is 14.9. The lowest BCUT2D eigenvalue weighted by Gasteiger charge is -2.33. The van der Waals surface area contributed by atoms with Crippen molar-refractivity contribution in [3.63, 3.8) is 0 Å². The molecule has 4 atom stereocenters. The number of fused-ring (bicyclic) bond motifs is 7. The van der Waals surface area contributed by atoms with Crippen LogP contribution in [0.15, 0.2) is 200 Å². The van der Waals surface area contributed by atoms with Crippen LogP contribution in [-0.2, 0) is 0 Å². The summed E-state index contributed by atoms with van der Waals surface area (Å²) in [6.07, 6.45) is 17.2. The lowest BCUT2D eigenvalue weighted by molar-refractivity contribution is 0.352. The number of anilines is 2. The lowest BCUT2D eigenvalue weighted by atomic mass is 9.72. The Morgan fingerprint density at radius 2 is 1.40 bits per heavy atom. The van der Waals surface area contributed by atoms with Crippen LogP contribution in [0.2, 0.25) is 0 Å². The molecule has 0 bridgehead atoms. The summed E-state index contributed by atoms with van der Waals surface area (Å²) in [5.41, 5.74) is 16.7. The monoisotopic (exact) mass is 748 g/mol. The van der Waals surface area contributed by atoms with Gasteiger partial charge in [0.1, 0.15) is 0 Å². The predicted molar refractivity (Wildman–Crippen MR) is 249 cm³/mol. The number of benzene rings is 8. The summed E-state index contributed by atoms with van der Waals surface area (Å²) in [4.78, 5) is 0. The molecule has 0 aromatic heterocycles. The maximum atomic E-state index is 7.09. The molecule has 8 aromatic carbocycles. The summed E-state index contributed by atoms with van der Waals surface area (Å²) in [5.74, 6) is 1.75.